The fourth-order valence-electron chi connectivity index (χ4n) is 18.6. The van der Waals surface area contributed by atoms with Crippen LogP contribution >= 0.6 is 0 Å². The van der Waals surface area contributed by atoms with E-state index < -0.39 is 46.4 Å². The standard InChI is InChI=1S/C59H66N6O12.C40H71NO7/c1-3-74-39-40-75-38-37-60-54(66)34-35-55(67)63-53(41-43-15-7-4-8-16-43)57(69)64-52(56(68)62-48-26-22-44(23-27-48)42-76-58(70)77-51-32-28-49(29-33-51)65(71)72)21-13-14-36-61-59(45-17-9-5-10-18-45,46-19-11-6-12-20-46)47-24-30-50(73-2)31-25-47;1-7-43-21-22-45-25-26-47-28-27-46-24-23-44-20-19-41-38(42)48-33-15-17-39(5)32(29-33)11-12-34-36-14-13-35(31(4)10-8-9-30(2)3)40(36,6)18-16-37(34)39/h4-12,15-20,22-33,52-53,61H,3,13-14,21,34-42H2,1-2H3,(H,60,66)(H,62,68)(H,63,67)(H,64,69);11,30-31,33-37H,7-10,12-29H2,1-6H3,(H,41,42)/t52-,53-;31-,33+,34+,35-,36+,37+,39+,40-/m01/s1. The van der Waals surface area contributed by atoms with Crippen molar-refractivity contribution < 1.29 is 85.8 Å². The van der Waals surface area contributed by atoms with E-state index >= 15 is 0 Å². The maximum Gasteiger partial charge on any atom is 0.514 e. The molecule has 26 heteroatoms. The van der Waals surface area contributed by atoms with Crippen LogP contribution in [0.15, 0.2) is 175 Å². The van der Waals surface area contributed by atoms with Gasteiger partial charge in [-0.25, -0.2) is 9.59 Å². The molecule has 0 saturated heterocycles. The van der Waals surface area contributed by atoms with Gasteiger partial charge >= 0.3 is 12.2 Å². The van der Waals surface area contributed by atoms with Crippen molar-refractivity contribution in [2.75, 3.05) is 125 Å². The van der Waals surface area contributed by atoms with Gasteiger partial charge in [-0.1, -0.05) is 181 Å². The van der Waals surface area contributed by atoms with Gasteiger partial charge in [-0.3, -0.25) is 34.6 Å². The summed E-state index contributed by atoms with van der Waals surface area (Å²) in [6.45, 7) is 24.6. The highest BCUT2D eigenvalue weighted by Gasteiger charge is 2.59. The van der Waals surface area contributed by atoms with Crippen LogP contribution in [0.5, 0.6) is 11.5 Å². The normalized spacial score (nSPS) is 19.5. The maximum atomic E-state index is 14.4. The summed E-state index contributed by atoms with van der Waals surface area (Å²) in [5.41, 5.74) is 6.18. The first-order valence-electron chi connectivity index (χ1n) is 45.2. The molecule has 10 atom stereocenters. The molecule has 10 rings (SSSR count). The molecule has 0 unspecified atom stereocenters. The summed E-state index contributed by atoms with van der Waals surface area (Å²) in [6.07, 6.45) is 16.3. The van der Waals surface area contributed by atoms with Gasteiger partial charge in [-0.05, 0) is 195 Å². The van der Waals surface area contributed by atoms with E-state index in [9.17, 15) is 38.9 Å². The zero-order chi connectivity index (χ0) is 89.1. The summed E-state index contributed by atoms with van der Waals surface area (Å²) >= 11 is 0. The van der Waals surface area contributed by atoms with Gasteiger partial charge in [0.1, 0.15) is 36.3 Å². The molecule has 3 saturated carbocycles. The van der Waals surface area contributed by atoms with E-state index in [1.54, 1.807) is 36.9 Å². The van der Waals surface area contributed by atoms with Crippen LogP contribution in [0.3, 0.4) is 0 Å². The maximum absolute atomic E-state index is 14.4. The second-order valence-electron chi connectivity index (χ2n) is 33.9. The fraction of sp³-hybridized carbons (Fsp3) is 0.556. The lowest BCUT2D eigenvalue weighted by Gasteiger charge is -2.58. The number of amides is 5. The summed E-state index contributed by atoms with van der Waals surface area (Å²) in [5.74, 6) is 3.88. The average Bonchev–Trinajstić information content (AvgIpc) is 1.63. The predicted octanol–water partition coefficient (Wildman–Crippen LogP) is 16.4. The van der Waals surface area contributed by atoms with Gasteiger partial charge in [0.05, 0.1) is 96.9 Å². The molecule has 0 bridgehead atoms. The van der Waals surface area contributed by atoms with Crippen molar-refractivity contribution in [2.45, 2.75) is 188 Å². The molecule has 0 aromatic heterocycles. The van der Waals surface area contributed by atoms with Crippen molar-refractivity contribution in [2.24, 2.45) is 46.3 Å². The number of methoxy groups -OCH3 is 1. The molecule has 6 aromatic carbocycles. The number of hydrogen-bond donors (Lipinski definition) is 6. The second kappa shape index (κ2) is 53.1. The average molecular weight is 1730 g/mol. The lowest BCUT2D eigenvalue weighted by atomic mass is 9.47. The number of nitro groups is 1. The van der Waals surface area contributed by atoms with Gasteiger partial charge in [-0.15, -0.1) is 0 Å². The van der Waals surface area contributed by atoms with E-state index in [1.165, 1.54) is 75.6 Å². The van der Waals surface area contributed by atoms with Gasteiger partial charge in [0.15, 0.2) is 0 Å². The first kappa shape index (κ1) is 99.1. The van der Waals surface area contributed by atoms with E-state index in [1.807, 2.05) is 105 Å². The van der Waals surface area contributed by atoms with Crippen LogP contribution in [-0.2, 0) is 80.4 Å². The number of non-ortho nitro benzene ring substituents is 1. The van der Waals surface area contributed by atoms with Gasteiger partial charge in [0, 0.05) is 69.8 Å². The highest BCUT2D eigenvalue weighted by Crippen LogP contribution is 2.67. The lowest BCUT2D eigenvalue weighted by Crippen LogP contribution is -2.53. The molecule has 0 aliphatic heterocycles. The smallest absolute Gasteiger partial charge is 0.497 e. The Morgan fingerprint density at radius 3 is 1.70 bits per heavy atom. The van der Waals surface area contributed by atoms with Crippen LogP contribution in [0.4, 0.5) is 21.0 Å². The van der Waals surface area contributed by atoms with Crippen LogP contribution in [-0.4, -0.2) is 178 Å². The third kappa shape index (κ3) is 31.4. The van der Waals surface area contributed by atoms with Crippen LogP contribution in [0.25, 0.3) is 0 Å². The minimum atomic E-state index is -1.10. The predicted molar refractivity (Wildman–Crippen MR) is 481 cm³/mol. The fourth-order valence-corrected chi connectivity index (χ4v) is 18.6. The number of anilines is 1. The van der Waals surface area contributed by atoms with E-state index in [0.717, 1.165) is 82.8 Å². The number of nitrogens with zero attached hydrogens (tertiary/aromatic N) is 1. The first-order valence-corrected chi connectivity index (χ1v) is 45.2. The third-order valence-electron chi connectivity index (χ3n) is 25.1. The minimum Gasteiger partial charge on any atom is -0.497 e. The third-order valence-corrected chi connectivity index (χ3v) is 25.1. The van der Waals surface area contributed by atoms with Crippen molar-refractivity contribution in [3.63, 3.8) is 0 Å². The van der Waals surface area contributed by atoms with E-state index in [0.29, 0.717) is 128 Å². The van der Waals surface area contributed by atoms with Crippen LogP contribution in [0.2, 0.25) is 0 Å². The van der Waals surface area contributed by atoms with Crippen molar-refractivity contribution >= 4 is 47.3 Å². The SMILES string of the molecule is CCOCCOCCNC(=O)CCC(=O)N[C@@H](Cc1ccccc1)C(=O)N[C@@H](CCCCNC(c1ccccc1)(c1ccccc1)c1ccc(OC)cc1)C(=O)Nc1ccc(COC(=O)Oc2ccc([N+](=O)[O-])cc2)cc1.CCOCCOCCOCCOCCOCCNC(=O)O[C@H]1CC[C@@]2(C)C(=CC[C@H]3[C@@H]4CC[C@H]([C@H](C)CCCC(C)C)[C@@]4(C)CC[C@@H]32)C1. The Balaban J connectivity index is 0.000000315. The Labute approximate surface area is 739 Å². The molecule has 0 radical (unpaired) electrons. The summed E-state index contributed by atoms with van der Waals surface area (Å²) in [5, 5.41) is 29.1. The summed E-state index contributed by atoms with van der Waals surface area (Å²) in [7, 11) is 1.63. The zero-order valence-electron chi connectivity index (χ0n) is 74.8. The van der Waals surface area contributed by atoms with E-state index in [4.69, 9.17) is 52.1 Å². The molecular weight excluding hydrogens is 1590 g/mol. The molecule has 26 nitrogen and oxygen atoms in total. The number of ether oxygens (including phenoxy) is 11. The summed E-state index contributed by atoms with van der Waals surface area (Å²) in [4.78, 5) is 90.2. The molecular formula is C99H137N7O19. The molecule has 4 aliphatic carbocycles. The quantitative estimate of drug-likeness (QED) is 0.00393. The number of carbonyl (C=O) groups excluding carboxylic acids is 6. The second-order valence-corrected chi connectivity index (χ2v) is 33.9. The Morgan fingerprint density at radius 2 is 1.10 bits per heavy atom. The highest BCUT2D eigenvalue weighted by atomic mass is 16.7. The summed E-state index contributed by atoms with van der Waals surface area (Å²) in [6, 6.07) is 46.8. The Bertz CT molecular complexity index is 4180. The molecule has 6 aromatic rings. The molecule has 0 spiro atoms. The van der Waals surface area contributed by atoms with Crippen LogP contribution in [0, 0.1) is 56.5 Å². The van der Waals surface area contributed by atoms with Crippen molar-refractivity contribution in [1.29, 1.82) is 0 Å². The van der Waals surface area contributed by atoms with E-state index in [2.05, 4.69) is 96.9 Å². The molecule has 6 N–H and O–H groups in total. The number of allylic oxidation sites excluding steroid dienone is 1. The number of fused-ring (bicyclic) bond motifs is 5. The Kier molecular flexibility index (Phi) is 42.1. The zero-order valence-corrected chi connectivity index (χ0v) is 74.8. The molecule has 0 heterocycles. The first-order chi connectivity index (χ1) is 60.6. The highest BCUT2D eigenvalue weighted by molar-refractivity contribution is 5.98. The number of benzene rings is 6. The van der Waals surface area contributed by atoms with Crippen LogP contribution < -0.4 is 41.4 Å². The number of rotatable bonds is 53. The van der Waals surface area contributed by atoms with Gasteiger partial charge in [0.2, 0.25) is 23.6 Å². The molecule has 125 heavy (non-hydrogen) atoms. The summed E-state index contributed by atoms with van der Waals surface area (Å²) < 4.78 is 59.7. The molecule has 5 amide bonds. The van der Waals surface area contributed by atoms with Crippen molar-refractivity contribution in [3.05, 3.63) is 213 Å². The molecule has 4 aliphatic rings. The number of nitro benzene ring substituents is 1. The largest absolute Gasteiger partial charge is 0.514 e. The Morgan fingerprint density at radius 1 is 0.536 bits per heavy atom. The Hall–Kier alpha value is -9.64. The monoisotopic (exact) mass is 1730 g/mol. The van der Waals surface area contributed by atoms with Crippen molar-refractivity contribution in [3.8, 4) is 11.5 Å². The molecule has 682 valence electrons. The number of alkyl carbamates (subject to hydrolysis) is 1. The number of carbonyl (C=O) groups is 6. The number of unbranched alkanes of at least 4 members (excludes halogenated alkanes) is 1. The van der Waals surface area contributed by atoms with Gasteiger partial charge in [0.25, 0.3) is 5.69 Å². The van der Waals surface area contributed by atoms with Gasteiger partial charge < -0.3 is 78.7 Å². The number of nitrogens with one attached hydrogen (secondary N) is 6. The van der Waals surface area contributed by atoms with Crippen molar-refractivity contribution in [1.82, 2.24) is 26.6 Å². The van der Waals surface area contributed by atoms with E-state index in [-0.39, 0.29) is 80.4 Å². The lowest BCUT2D eigenvalue weighted by molar-refractivity contribution is -0.384. The van der Waals surface area contributed by atoms with Crippen LogP contribution in [0.1, 0.15) is 179 Å². The number of hydrogen-bond acceptors (Lipinski definition) is 20. The minimum absolute atomic E-state index is 0.0320. The molecule has 3 fully saturated rings. The van der Waals surface area contributed by atoms with Gasteiger partial charge in [-0.2, -0.15) is 0 Å². The topological polar surface area (TPSA) is 319 Å².